The molecule has 0 bridgehead atoms. The molecule has 106 valence electrons. The summed E-state index contributed by atoms with van der Waals surface area (Å²) in [6.45, 7) is 1.71. The van der Waals surface area contributed by atoms with E-state index >= 15 is 0 Å². The highest BCUT2D eigenvalue weighted by atomic mass is 19.1. The predicted molar refractivity (Wildman–Crippen MR) is 78.0 cm³/mol. The standard InChI is InChI=1S/C15H12FN3O2/c1-8-6-9(16)2-5-13(8)21-15-18-12-4-3-10(17)7-11(12)14(20)19-15/h2-7H,17H2,1H3,(H,18,19,20). The Hall–Kier alpha value is -2.89. The Balaban J connectivity index is 2.05. The molecule has 0 unspecified atom stereocenters. The molecule has 6 heteroatoms. The second-order valence-electron chi connectivity index (χ2n) is 4.66. The molecule has 1 heterocycles. The first-order valence-corrected chi connectivity index (χ1v) is 6.26. The van der Waals surface area contributed by atoms with E-state index in [2.05, 4.69) is 9.97 Å². The van der Waals surface area contributed by atoms with Crippen molar-refractivity contribution in [2.45, 2.75) is 6.92 Å². The number of hydrogen-bond acceptors (Lipinski definition) is 4. The Morgan fingerprint density at radius 3 is 2.81 bits per heavy atom. The molecule has 0 aliphatic carbocycles. The average molecular weight is 285 g/mol. The molecule has 5 nitrogen and oxygen atoms in total. The summed E-state index contributed by atoms with van der Waals surface area (Å²) in [5, 5.41) is 0.387. The van der Waals surface area contributed by atoms with E-state index in [9.17, 15) is 9.18 Å². The second kappa shape index (κ2) is 4.90. The lowest BCUT2D eigenvalue weighted by Crippen LogP contribution is -2.10. The fourth-order valence-corrected chi connectivity index (χ4v) is 2.01. The van der Waals surface area contributed by atoms with Gasteiger partial charge in [0.1, 0.15) is 11.6 Å². The first kappa shape index (κ1) is 13.1. The van der Waals surface area contributed by atoms with Gasteiger partial charge in [0.05, 0.1) is 10.9 Å². The van der Waals surface area contributed by atoms with Gasteiger partial charge in [-0.2, -0.15) is 4.98 Å². The van der Waals surface area contributed by atoms with Crippen molar-refractivity contribution < 1.29 is 9.13 Å². The number of aryl methyl sites for hydroxylation is 1. The first-order chi connectivity index (χ1) is 10.0. The highest BCUT2D eigenvalue weighted by molar-refractivity contribution is 5.81. The second-order valence-corrected chi connectivity index (χ2v) is 4.66. The number of aromatic amines is 1. The third-order valence-electron chi connectivity index (χ3n) is 3.05. The van der Waals surface area contributed by atoms with Crippen molar-refractivity contribution in [2.75, 3.05) is 5.73 Å². The van der Waals surface area contributed by atoms with E-state index in [4.69, 9.17) is 10.5 Å². The summed E-state index contributed by atoms with van der Waals surface area (Å²) < 4.78 is 18.6. The van der Waals surface area contributed by atoms with Crippen LogP contribution >= 0.6 is 0 Å². The fourth-order valence-electron chi connectivity index (χ4n) is 2.01. The number of hydrogen-bond donors (Lipinski definition) is 2. The molecular formula is C15H12FN3O2. The summed E-state index contributed by atoms with van der Waals surface area (Å²) in [7, 11) is 0. The third-order valence-corrected chi connectivity index (χ3v) is 3.05. The van der Waals surface area contributed by atoms with E-state index < -0.39 is 0 Å². The van der Waals surface area contributed by atoms with Crippen molar-refractivity contribution in [1.29, 1.82) is 0 Å². The van der Waals surface area contributed by atoms with Crippen LogP contribution in [-0.2, 0) is 0 Å². The van der Waals surface area contributed by atoms with Gasteiger partial charge >= 0.3 is 6.01 Å². The summed E-state index contributed by atoms with van der Waals surface area (Å²) in [6, 6.07) is 9.00. The highest BCUT2D eigenvalue weighted by Crippen LogP contribution is 2.23. The van der Waals surface area contributed by atoms with Crippen LogP contribution in [0.4, 0.5) is 10.1 Å². The number of fused-ring (bicyclic) bond motifs is 1. The van der Waals surface area contributed by atoms with E-state index in [1.54, 1.807) is 25.1 Å². The number of ether oxygens (including phenoxy) is 1. The molecule has 21 heavy (non-hydrogen) atoms. The zero-order chi connectivity index (χ0) is 15.0. The molecule has 3 aromatic rings. The quantitative estimate of drug-likeness (QED) is 0.709. The number of nitrogens with one attached hydrogen (secondary N) is 1. The summed E-state index contributed by atoms with van der Waals surface area (Å²) >= 11 is 0. The predicted octanol–water partition coefficient (Wildman–Crippen LogP) is 2.75. The number of nitrogens with two attached hydrogens (primary N) is 1. The SMILES string of the molecule is Cc1cc(F)ccc1Oc1nc2ccc(N)cc2c(=O)[nH]1. The van der Waals surface area contributed by atoms with Gasteiger partial charge in [-0.15, -0.1) is 0 Å². The number of rotatable bonds is 2. The number of H-pyrrole nitrogens is 1. The van der Waals surface area contributed by atoms with Crippen molar-refractivity contribution in [3.8, 4) is 11.8 Å². The molecule has 0 saturated heterocycles. The summed E-state index contributed by atoms with van der Waals surface area (Å²) in [5.41, 5.74) is 6.86. The van der Waals surface area contributed by atoms with E-state index in [0.29, 0.717) is 27.9 Å². The Morgan fingerprint density at radius 1 is 1.24 bits per heavy atom. The molecule has 0 spiro atoms. The van der Waals surface area contributed by atoms with E-state index in [1.807, 2.05) is 0 Å². The van der Waals surface area contributed by atoms with Crippen LogP contribution in [0.5, 0.6) is 11.8 Å². The van der Waals surface area contributed by atoms with Gasteiger partial charge in [0.15, 0.2) is 0 Å². The Kier molecular flexibility index (Phi) is 3.06. The van der Waals surface area contributed by atoms with Gasteiger partial charge in [-0.05, 0) is 48.9 Å². The molecule has 2 aromatic carbocycles. The zero-order valence-electron chi connectivity index (χ0n) is 11.2. The molecule has 3 N–H and O–H groups in total. The van der Waals surface area contributed by atoms with Crippen molar-refractivity contribution >= 4 is 16.6 Å². The lowest BCUT2D eigenvalue weighted by atomic mass is 10.2. The first-order valence-electron chi connectivity index (χ1n) is 6.26. The zero-order valence-corrected chi connectivity index (χ0v) is 11.2. The van der Waals surface area contributed by atoms with Crippen molar-refractivity contribution in [3.05, 3.63) is 58.1 Å². The van der Waals surface area contributed by atoms with Crippen LogP contribution in [0, 0.1) is 12.7 Å². The van der Waals surface area contributed by atoms with E-state index in [1.165, 1.54) is 18.2 Å². The van der Waals surface area contributed by atoms with E-state index in [0.717, 1.165) is 0 Å². The van der Waals surface area contributed by atoms with Gasteiger partial charge in [0.2, 0.25) is 0 Å². The van der Waals surface area contributed by atoms with Crippen LogP contribution in [0.15, 0.2) is 41.2 Å². The number of halogens is 1. The Bertz CT molecular complexity index is 890. The van der Waals surface area contributed by atoms with Gasteiger partial charge < -0.3 is 10.5 Å². The summed E-state index contributed by atoms with van der Waals surface area (Å²) in [5.74, 6) is 0.0737. The van der Waals surface area contributed by atoms with Gasteiger partial charge in [-0.1, -0.05) is 0 Å². The molecule has 0 aliphatic rings. The normalized spacial score (nSPS) is 10.8. The number of benzene rings is 2. The maximum absolute atomic E-state index is 13.1. The van der Waals surface area contributed by atoms with Crippen molar-refractivity contribution in [2.24, 2.45) is 0 Å². The fraction of sp³-hybridized carbons (Fsp3) is 0.0667. The van der Waals surface area contributed by atoms with Gasteiger partial charge in [0.25, 0.3) is 5.56 Å². The molecule has 0 aliphatic heterocycles. The number of nitrogens with zero attached hydrogens (tertiary/aromatic N) is 1. The molecule has 0 radical (unpaired) electrons. The molecule has 0 fully saturated rings. The lowest BCUT2D eigenvalue weighted by Gasteiger charge is -2.08. The third kappa shape index (κ3) is 2.55. The molecule has 0 saturated carbocycles. The van der Waals surface area contributed by atoms with Crippen LogP contribution in [0.1, 0.15) is 5.56 Å². The topological polar surface area (TPSA) is 81.0 Å². The molecule has 1 aromatic heterocycles. The largest absolute Gasteiger partial charge is 0.425 e. The smallest absolute Gasteiger partial charge is 0.302 e. The molecular weight excluding hydrogens is 273 g/mol. The van der Waals surface area contributed by atoms with Crippen molar-refractivity contribution in [1.82, 2.24) is 9.97 Å². The van der Waals surface area contributed by atoms with Crippen LogP contribution in [0.25, 0.3) is 10.9 Å². The lowest BCUT2D eigenvalue weighted by molar-refractivity contribution is 0.438. The minimum Gasteiger partial charge on any atom is -0.425 e. The van der Waals surface area contributed by atoms with Gasteiger partial charge in [-0.3, -0.25) is 9.78 Å². The molecule has 0 amide bonds. The maximum Gasteiger partial charge on any atom is 0.302 e. The maximum atomic E-state index is 13.1. The summed E-state index contributed by atoms with van der Waals surface area (Å²) in [4.78, 5) is 18.7. The summed E-state index contributed by atoms with van der Waals surface area (Å²) in [6.07, 6.45) is 0. The van der Waals surface area contributed by atoms with Gasteiger partial charge in [0, 0.05) is 5.69 Å². The Labute approximate surface area is 119 Å². The highest BCUT2D eigenvalue weighted by Gasteiger charge is 2.08. The van der Waals surface area contributed by atoms with Crippen LogP contribution in [0.3, 0.4) is 0 Å². The number of aromatic nitrogens is 2. The Morgan fingerprint density at radius 2 is 2.05 bits per heavy atom. The van der Waals surface area contributed by atoms with Crippen molar-refractivity contribution in [3.63, 3.8) is 0 Å². The van der Waals surface area contributed by atoms with Crippen LogP contribution < -0.4 is 16.0 Å². The van der Waals surface area contributed by atoms with Crippen LogP contribution in [-0.4, -0.2) is 9.97 Å². The monoisotopic (exact) mass is 285 g/mol. The number of anilines is 1. The average Bonchev–Trinajstić information content (AvgIpc) is 2.43. The van der Waals surface area contributed by atoms with Gasteiger partial charge in [-0.25, -0.2) is 4.39 Å². The molecule has 3 rings (SSSR count). The number of nitrogen functional groups attached to an aromatic ring is 1. The van der Waals surface area contributed by atoms with Crippen LogP contribution in [0.2, 0.25) is 0 Å². The van der Waals surface area contributed by atoms with E-state index in [-0.39, 0.29) is 17.4 Å². The molecule has 0 atom stereocenters. The minimum atomic E-state index is -0.352. The minimum absolute atomic E-state index is 0.0481.